The largest absolute Gasteiger partial charge is 4.00 e. The Bertz CT molecular complexity index is 1740. The molecule has 16 nitrogen and oxygen atoms in total. The first-order valence-electron chi connectivity index (χ1n) is 15.8. The van der Waals surface area contributed by atoms with Crippen LogP contribution in [-0.2, 0) is 139 Å². The van der Waals surface area contributed by atoms with Crippen molar-refractivity contribution in [2.45, 2.75) is 40.2 Å². The van der Waals surface area contributed by atoms with Crippen LogP contribution in [0.1, 0.15) is 0 Å². The van der Waals surface area contributed by atoms with E-state index < -0.39 is 0 Å². The molecule has 0 N–H and O–H groups in total. The van der Waals surface area contributed by atoms with E-state index in [0.717, 1.165) is 0 Å². The van der Waals surface area contributed by atoms with Crippen molar-refractivity contribution in [1.29, 1.82) is 0 Å². The van der Waals surface area contributed by atoms with Crippen molar-refractivity contribution in [2.75, 3.05) is 153 Å². The van der Waals surface area contributed by atoms with Gasteiger partial charge in [0, 0.05) is 129 Å². The summed E-state index contributed by atoms with van der Waals surface area (Å²) in [5, 5.41) is 19.1. The van der Waals surface area contributed by atoms with Gasteiger partial charge in [-0.2, -0.15) is 0 Å². The van der Waals surface area contributed by atoms with Gasteiger partial charge in [-0.05, 0) is 48.9 Å². The molecule has 0 unspecified atom stereocenters. The fourth-order valence-electron chi connectivity index (χ4n) is 4.60. The average Bonchev–Trinajstić information content (AvgIpc) is 3.61. The number of nitrogens with zero attached hydrogens (tertiary/aromatic N) is 16. The van der Waals surface area contributed by atoms with Crippen molar-refractivity contribution in [3.63, 3.8) is 0 Å². The van der Waals surface area contributed by atoms with E-state index in [1.807, 2.05) is 153 Å². The van der Waals surface area contributed by atoms with Gasteiger partial charge in [-0.15, -0.1) is 0 Å². The van der Waals surface area contributed by atoms with E-state index in [0.29, 0.717) is 59.3 Å². The molecule has 4 heterocycles. The smallest absolute Gasteiger partial charge is 0.760 e. The van der Waals surface area contributed by atoms with Crippen LogP contribution in [0.3, 0.4) is 0 Å². The SMILES string of the molecule is CN(C)n1c([S-])c([S-])n(N(C)C)c1=S.CN(C)n1c([S-])c([S-])n(N(C)C)c1=S.CN(C)n1c([S-])c([S-])n(N(C)C)c1=S.CN(C)n1c([S-])c([S-])n(N(C)C)c1=S.[Ni].[Pt+4]. The summed E-state index contributed by atoms with van der Waals surface area (Å²) in [6.45, 7) is 0. The summed E-state index contributed by atoms with van der Waals surface area (Å²) in [7, 11) is 30.0. The zero-order valence-electron chi connectivity index (χ0n) is 34.7. The van der Waals surface area contributed by atoms with Gasteiger partial charge >= 0.3 is 21.1 Å². The molecule has 336 valence electrons. The van der Waals surface area contributed by atoms with Crippen LogP contribution in [0.2, 0.25) is 0 Å². The van der Waals surface area contributed by atoms with E-state index in [1.54, 1.807) is 37.4 Å². The Kier molecular flexibility index (Phi) is 25.1. The van der Waals surface area contributed by atoms with Crippen molar-refractivity contribution in [3.8, 4) is 0 Å². The van der Waals surface area contributed by atoms with E-state index in [1.165, 1.54) is 0 Å². The molecular weight excluding hydrogens is 1200 g/mol. The zero-order chi connectivity index (χ0) is 44.2. The van der Waals surface area contributed by atoms with Crippen LogP contribution in [0.4, 0.5) is 0 Å². The van der Waals surface area contributed by atoms with E-state index in [4.69, 9.17) is 150 Å². The van der Waals surface area contributed by atoms with Gasteiger partial charge in [0.05, 0.1) is 0 Å². The summed E-state index contributed by atoms with van der Waals surface area (Å²) in [4.78, 5) is 0. The zero-order valence-corrected chi connectivity index (χ0v) is 47.7. The van der Waals surface area contributed by atoms with Gasteiger partial charge in [0.25, 0.3) is 0 Å². The second-order valence-corrected chi connectivity index (χ2v) is 17.4. The first-order valence-corrected chi connectivity index (χ1v) is 20.7. The van der Waals surface area contributed by atoms with Crippen molar-refractivity contribution in [3.05, 3.63) is 19.1 Å². The summed E-state index contributed by atoms with van der Waals surface area (Å²) < 4.78 is 16.2. The van der Waals surface area contributed by atoms with Crippen LogP contribution in [0.15, 0.2) is 40.2 Å². The Labute approximate surface area is 432 Å². The molecule has 4 aromatic heterocycles. The van der Waals surface area contributed by atoms with Gasteiger partial charge in [-0.1, -0.05) is 40.2 Å². The molecule has 0 aliphatic rings. The fourth-order valence-corrected chi connectivity index (χ4v) is 9.79. The van der Waals surface area contributed by atoms with Crippen LogP contribution in [0.5, 0.6) is 0 Å². The molecule has 0 fully saturated rings. The average molecular weight is 1250 g/mol. The number of hydrogen-bond acceptors (Lipinski definition) is 20. The summed E-state index contributed by atoms with van der Waals surface area (Å²) in [5.41, 5.74) is 0. The minimum atomic E-state index is 0. The molecule has 0 saturated heterocycles. The summed E-state index contributed by atoms with van der Waals surface area (Å²) in [6.07, 6.45) is 0. The second kappa shape index (κ2) is 24.6. The van der Waals surface area contributed by atoms with Gasteiger partial charge in [0.1, 0.15) is 0 Å². The number of rotatable bonds is 8. The maximum absolute atomic E-state index is 5.26. The molecule has 0 aliphatic carbocycles. The first-order chi connectivity index (χ1) is 25.5. The second-order valence-electron chi connectivity index (χ2n) is 12.8. The standard InChI is InChI=1S/4C7H14N4S3.Ni.Pt/c4*1-8(2)10-5(12)6(13)11(7(10)14)9(3)4;;/h4*12-13H,1-4H3;;/q;;;;;+4/p-8. The van der Waals surface area contributed by atoms with Gasteiger partial charge in [0.15, 0.2) is 0 Å². The molecule has 0 amide bonds. The fraction of sp³-hybridized carbons (Fsp3) is 0.571. The number of hydrogen-bond donors (Lipinski definition) is 0. The molecular formula is C28H48N16NiPtS12-4. The summed E-state index contributed by atoms with van der Waals surface area (Å²) in [6, 6.07) is 0. The van der Waals surface area contributed by atoms with Crippen LogP contribution >= 0.6 is 48.9 Å². The molecule has 0 aromatic carbocycles. The molecule has 0 saturated carbocycles. The Morgan fingerprint density at radius 2 is 0.328 bits per heavy atom. The maximum atomic E-state index is 5.26. The Balaban J connectivity index is 0. The Morgan fingerprint density at radius 1 is 0.259 bits per heavy atom. The van der Waals surface area contributed by atoms with Gasteiger partial charge in [0.2, 0.25) is 19.1 Å². The Morgan fingerprint density at radius 3 is 0.362 bits per heavy atom. The predicted octanol–water partition coefficient (Wildman–Crippen LogP) is 0.899. The topological polar surface area (TPSA) is 65.4 Å². The predicted molar refractivity (Wildman–Crippen MR) is 259 cm³/mol. The third-order valence-electron chi connectivity index (χ3n) is 6.92. The minimum absolute atomic E-state index is 0. The monoisotopic (exact) mass is 1240 g/mol. The minimum Gasteiger partial charge on any atom is -0.760 e. The van der Waals surface area contributed by atoms with E-state index in [-0.39, 0.29) is 37.6 Å². The van der Waals surface area contributed by atoms with Gasteiger partial charge in [-0.25, -0.2) is 0 Å². The molecule has 0 atom stereocenters. The van der Waals surface area contributed by atoms with Crippen molar-refractivity contribution < 1.29 is 37.6 Å². The normalized spacial score (nSPS) is 9.93. The third-order valence-corrected chi connectivity index (χ3v) is 11.8. The molecule has 4 rings (SSSR count). The summed E-state index contributed by atoms with van der Waals surface area (Å²) >= 11 is 62.6. The van der Waals surface area contributed by atoms with Crippen LogP contribution in [0.25, 0.3) is 0 Å². The molecule has 0 radical (unpaired) electrons. The number of aromatic nitrogens is 8. The molecule has 30 heteroatoms. The van der Waals surface area contributed by atoms with E-state index in [2.05, 4.69) is 0 Å². The molecule has 0 bridgehead atoms. The van der Waals surface area contributed by atoms with Crippen molar-refractivity contribution in [2.24, 2.45) is 0 Å². The van der Waals surface area contributed by atoms with Gasteiger partial charge in [-0.3, -0.25) is 37.4 Å². The van der Waals surface area contributed by atoms with Crippen molar-refractivity contribution >= 4 is 150 Å². The van der Waals surface area contributed by atoms with E-state index in [9.17, 15) is 0 Å². The Hall–Kier alpha value is -0.938. The van der Waals surface area contributed by atoms with Gasteiger partial charge < -0.3 is 141 Å². The number of imidazole rings is 4. The maximum Gasteiger partial charge on any atom is 4.00 e. The quantitative estimate of drug-likeness (QED) is 0.143. The van der Waals surface area contributed by atoms with Crippen LogP contribution in [-0.4, -0.2) is 150 Å². The van der Waals surface area contributed by atoms with Crippen LogP contribution < -0.4 is 40.1 Å². The molecule has 0 spiro atoms. The van der Waals surface area contributed by atoms with E-state index >= 15 is 0 Å². The first kappa shape index (κ1) is 59.2. The van der Waals surface area contributed by atoms with Crippen LogP contribution in [0, 0.1) is 19.1 Å². The van der Waals surface area contributed by atoms with Crippen molar-refractivity contribution in [1.82, 2.24) is 37.4 Å². The molecule has 4 aromatic rings. The molecule has 0 aliphatic heterocycles. The molecule has 58 heavy (non-hydrogen) atoms. The summed E-state index contributed by atoms with van der Waals surface area (Å²) in [5.74, 6) is 0. The third kappa shape index (κ3) is 13.0.